The zero-order valence-corrected chi connectivity index (χ0v) is 5.91. The molecule has 10 heavy (non-hydrogen) atoms. The Morgan fingerprint density at radius 2 is 2.20 bits per heavy atom. The summed E-state index contributed by atoms with van der Waals surface area (Å²) in [6.45, 7) is 0. The van der Waals surface area contributed by atoms with E-state index in [0.29, 0.717) is 6.42 Å². The molecule has 0 aromatic heterocycles. The first-order valence-corrected chi connectivity index (χ1v) is 3.09. The first kappa shape index (κ1) is 9.45. The molecule has 2 N–H and O–H groups in total. The lowest BCUT2D eigenvalue weighted by Gasteiger charge is -1.97. The first-order chi connectivity index (χ1) is 4.66. The average Bonchev–Trinajstić information content (AvgIpc) is 1.87. The maximum Gasteiger partial charge on any atom is 0.451 e. The minimum atomic E-state index is -1.32. The Balaban J connectivity index is 3.12. The van der Waals surface area contributed by atoms with Crippen LogP contribution < -0.4 is 0 Å². The van der Waals surface area contributed by atoms with Crippen LogP contribution in [0.4, 0.5) is 0 Å². The Kier molecular flexibility index (Phi) is 4.97. The van der Waals surface area contributed by atoms with E-state index in [2.05, 4.69) is 4.74 Å². The molecule has 0 saturated heterocycles. The van der Waals surface area contributed by atoms with E-state index in [1.165, 1.54) is 7.11 Å². The molecule has 0 bridgehead atoms. The van der Waals surface area contributed by atoms with E-state index in [1.54, 1.807) is 0 Å². The van der Waals surface area contributed by atoms with Crippen molar-refractivity contribution in [1.82, 2.24) is 0 Å². The predicted molar refractivity (Wildman–Crippen MR) is 36.2 cm³/mol. The number of esters is 1. The minimum Gasteiger partial charge on any atom is -0.469 e. The summed E-state index contributed by atoms with van der Waals surface area (Å²) in [7, 11) is -0.0119. The normalized spacial score (nSPS) is 9.10. The van der Waals surface area contributed by atoms with E-state index in [4.69, 9.17) is 10.0 Å². The third-order valence-electron chi connectivity index (χ3n) is 1.07. The smallest absolute Gasteiger partial charge is 0.451 e. The SMILES string of the molecule is COC(=O)CCCB(O)O. The van der Waals surface area contributed by atoms with Crippen LogP contribution in [0.25, 0.3) is 0 Å². The molecule has 0 aliphatic carbocycles. The van der Waals surface area contributed by atoms with Crippen LogP contribution in [0.2, 0.25) is 6.32 Å². The van der Waals surface area contributed by atoms with Crippen molar-refractivity contribution < 1.29 is 19.6 Å². The fraction of sp³-hybridized carbons (Fsp3) is 0.800. The minimum absolute atomic E-state index is 0.217. The molecule has 0 aromatic carbocycles. The highest BCUT2D eigenvalue weighted by atomic mass is 16.5. The molecule has 0 unspecified atom stereocenters. The van der Waals surface area contributed by atoms with Gasteiger partial charge in [-0.15, -0.1) is 0 Å². The molecular weight excluding hydrogens is 135 g/mol. The maximum atomic E-state index is 10.4. The van der Waals surface area contributed by atoms with Crippen LogP contribution >= 0.6 is 0 Å². The molecule has 58 valence electrons. The van der Waals surface area contributed by atoms with Gasteiger partial charge in [0.1, 0.15) is 0 Å². The Bertz CT molecular complexity index is 104. The lowest BCUT2D eigenvalue weighted by atomic mass is 9.84. The Morgan fingerprint density at radius 1 is 1.60 bits per heavy atom. The molecule has 0 fully saturated rings. The summed E-state index contributed by atoms with van der Waals surface area (Å²) in [6, 6.07) is 0. The Labute approximate surface area is 60.0 Å². The zero-order chi connectivity index (χ0) is 7.98. The van der Waals surface area contributed by atoms with E-state index >= 15 is 0 Å². The summed E-state index contributed by atoms with van der Waals surface area (Å²) in [4.78, 5) is 10.4. The molecule has 0 rings (SSSR count). The highest BCUT2D eigenvalue weighted by molar-refractivity contribution is 6.40. The lowest BCUT2D eigenvalue weighted by Crippen LogP contribution is -2.11. The van der Waals surface area contributed by atoms with Gasteiger partial charge in [-0.2, -0.15) is 0 Å². The van der Waals surface area contributed by atoms with Gasteiger partial charge in [0.15, 0.2) is 0 Å². The molecule has 0 heterocycles. The number of methoxy groups -OCH3 is 1. The van der Waals surface area contributed by atoms with Gasteiger partial charge in [0.25, 0.3) is 0 Å². The Hall–Kier alpha value is -0.545. The van der Waals surface area contributed by atoms with Crippen LogP contribution in [-0.2, 0) is 9.53 Å². The third-order valence-corrected chi connectivity index (χ3v) is 1.07. The first-order valence-electron chi connectivity index (χ1n) is 3.09. The van der Waals surface area contributed by atoms with E-state index in [1.807, 2.05) is 0 Å². The average molecular weight is 146 g/mol. The zero-order valence-electron chi connectivity index (χ0n) is 5.91. The lowest BCUT2D eigenvalue weighted by molar-refractivity contribution is -0.140. The van der Waals surface area contributed by atoms with Crippen LogP contribution in [0, 0.1) is 0 Å². The number of carbonyl (C=O) groups is 1. The van der Waals surface area contributed by atoms with E-state index in [9.17, 15) is 4.79 Å². The van der Waals surface area contributed by atoms with Gasteiger partial charge < -0.3 is 14.8 Å². The summed E-state index contributed by atoms with van der Waals surface area (Å²) < 4.78 is 4.33. The second kappa shape index (κ2) is 5.26. The number of rotatable bonds is 4. The summed E-state index contributed by atoms with van der Waals surface area (Å²) in [5.41, 5.74) is 0. The molecule has 4 nitrogen and oxygen atoms in total. The monoisotopic (exact) mass is 146 g/mol. The quantitative estimate of drug-likeness (QED) is 0.411. The summed E-state index contributed by atoms with van der Waals surface area (Å²) in [5.74, 6) is -0.319. The molecule has 0 atom stereocenters. The highest BCUT2D eigenvalue weighted by Crippen LogP contribution is 1.98. The second-order valence-corrected chi connectivity index (χ2v) is 1.95. The molecule has 0 aromatic rings. The van der Waals surface area contributed by atoms with E-state index < -0.39 is 7.12 Å². The number of hydrogen-bond donors (Lipinski definition) is 2. The standard InChI is InChI=1S/C5H11BO4/c1-10-5(7)3-2-4-6(8)9/h8-9H,2-4H2,1H3. The highest BCUT2D eigenvalue weighted by Gasteiger charge is 2.07. The van der Waals surface area contributed by atoms with Gasteiger partial charge in [-0.3, -0.25) is 4.79 Å². The van der Waals surface area contributed by atoms with Crippen molar-refractivity contribution in [3.8, 4) is 0 Å². The molecule has 0 aliphatic heterocycles. The largest absolute Gasteiger partial charge is 0.469 e. The van der Waals surface area contributed by atoms with Crippen LogP contribution in [0.5, 0.6) is 0 Å². The molecule has 0 radical (unpaired) electrons. The van der Waals surface area contributed by atoms with Crippen LogP contribution in [0.15, 0.2) is 0 Å². The fourth-order valence-corrected chi connectivity index (χ4v) is 0.531. The topological polar surface area (TPSA) is 66.8 Å². The van der Waals surface area contributed by atoms with Crippen molar-refractivity contribution in [3.63, 3.8) is 0 Å². The summed E-state index contributed by atoms with van der Waals surface area (Å²) in [6.07, 6.45) is 0.910. The van der Waals surface area contributed by atoms with Crippen molar-refractivity contribution in [2.45, 2.75) is 19.2 Å². The number of ether oxygens (including phenoxy) is 1. The summed E-state index contributed by atoms with van der Waals surface area (Å²) in [5, 5.41) is 16.7. The van der Waals surface area contributed by atoms with Gasteiger partial charge in [0.05, 0.1) is 7.11 Å². The fourth-order valence-electron chi connectivity index (χ4n) is 0.531. The van der Waals surface area contributed by atoms with Crippen LogP contribution in [-0.4, -0.2) is 30.2 Å². The molecule has 0 aliphatic rings. The van der Waals surface area contributed by atoms with Crippen LogP contribution in [0.1, 0.15) is 12.8 Å². The van der Waals surface area contributed by atoms with Gasteiger partial charge in [-0.05, 0) is 12.7 Å². The van der Waals surface area contributed by atoms with Gasteiger partial charge >= 0.3 is 13.1 Å². The maximum absolute atomic E-state index is 10.4. The molecule has 0 spiro atoms. The summed E-state index contributed by atoms with van der Waals surface area (Å²) >= 11 is 0. The molecule has 0 amide bonds. The Morgan fingerprint density at radius 3 is 2.60 bits per heavy atom. The number of carbonyl (C=O) groups excluding carboxylic acids is 1. The number of hydrogen-bond acceptors (Lipinski definition) is 4. The van der Waals surface area contributed by atoms with Gasteiger partial charge in [-0.1, -0.05) is 0 Å². The van der Waals surface area contributed by atoms with Crippen molar-refractivity contribution >= 4 is 13.1 Å². The molecule has 0 saturated carbocycles. The van der Waals surface area contributed by atoms with Gasteiger partial charge in [0, 0.05) is 6.42 Å². The van der Waals surface area contributed by atoms with Crippen molar-refractivity contribution in [2.75, 3.05) is 7.11 Å². The van der Waals surface area contributed by atoms with Crippen molar-refractivity contribution in [1.29, 1.82) is 0 Å². The van der Waals surface area contributed by atoms with E-state index in [0.717, 1.165) is 0 Å². The van der Waals surface area contributed by atoms with E-state index in [-0.39, 0.29) is 18.7 Å². The predicted octanol–water partition coefficient (Wildman–Crippen LogP) is -0.588. The van der Waals surface area contributed by atoms with Crippen molar-refractivity contribution in [2.24, 2.45) is 0 Å². The van der Waals surface area contributed by atoms with Gasteiger partial charge in [0.2, 0.25) is 0 Å². The van der Waals surface area contributed by atoms with Crippen LogP contribution in [0.3, 0.4) is 0 Å². The third kappa shape index (κ3) is 5.59. The molecule has 5 heteroatoms. The molecular formula is C5H11BO4. The van der Waals surface area contributed by atoms with Gasteiger partial charge in [-0.25, -0.2) is 0 Å². The van der Waals surface area contributed by atoms with Crippen molar-refractivity contribution in [3.05, 3.63) is 0 Å². The second-order valence-electron chi connectivity index (χ2n) is 1.95.